The molecule has 0 amide bonds. The van der Waals surface area contributed by atoms with E-state index >= 15 is 0 Å². The normalized spacial score (nSPS) is 11.3. The summed E-state index contributed by atoms with van der Waals surface area (Å²) in [5, 5.41) is 2.74. The standard InChI is InChI=1S/C21H31N.C20H43N.BrH/c1-2-3-4-5-6-7-8-9-10-11-16-21-20-15-13-12-14-19(20)17-18-22-21;1-4-5-6-7-8-9-10-11-12-13-14-15-16-17-18-19-20(2,3)21;/h12-15,17-18H,2-11,16H2,1H3;4-19,21H2,1-3H3;1H/p+1. The highest BCUT2D eigenvalue weighted by Crippen LogP contribution is 2.18. The number of halogens is 1. The monoisotopic (exact) mass is 676 g/mol. The highest BCUT2D eigenvalue weighted by atomic mass is 79.9. The van der Waals surface area contributed by atoms with Crippen LogP contribution in [0.3, 0.4) is 0 Å². The van der Waals surface area contributed by atoms with E-state index in [1.165, 1.54) is 190 Å². The average molecular weight is 677 g/mol. The minimum absolute atomic E-state index is 0. The number of pyridine rings is 1. The van der Waals surface area contributed by atoms with Gasteiger partial charge >= 0.3 is 0 Å². The molecule has 0 aliphatic carbocycles. The molecule has 4 N–H and O–H groups in total. The van der Waals surface area contributed by atoms with Crippen molar-refractivity contribution in [2.45, 2.75) is 207 Å². The fourth-order valence-electron chi connectivity index (χ4n) is 6.20. The fraction of sp³-hybridized carbons (Fsp3) is 0.780. The summed E-state index contributed by atoms with van der Waals surface area (Å²) in [5.41, 5.74) is 5.86. The van der Waals surface area contributed by atoms with E-state index in [4.69, 9.17) is 0 Å². The van der Waals surface area contributed by atoms with Gasteiger partial charge in [-0.05, 0) is 38.1 Å². The van der Waals surface area contributed by atoms with Crippen LogP contribution in [0.5, 0.6) is 0 Å². The molecule has 0 aliphatic heterocycles. The minimum Gasteiger partial charge on any atom is -1.00 e. The Balaban J connectivity index is 0.000000823. The van der Waals surface area contributed by atoms with E-state index < -0.39 is 0 Å². The third-order valence-corrected chi connectivity index (χ3v) is 9.04. The first-order valence-corrected chi connectivity index (χ1v) is 19.2. The van der Waals surface area contributed by atoms with Crippen LogP contribution < -0.4 is 27.7 Å². The molecule has 1 aromatic carbocycles. The summed E-state index contributed by atoms with van der Waals surface area (Å²) in [4.78, 5) is 3.44. The van der Waals surface area contributed by atoms with Crippen LogP contribution in [0.25, 0.3) is 10.8 Å². The van der Waals surface area contributed by atoms with Gasteiger partial charge in [-0.25, -0.2) is 4.98 Å². The summed E-state index contributed by atoms with van der Waals surface area (Å²) in [6.45, 7) is 9.07. The van der Waals surface area contributed by atoms with E-state index in [1.807, 2.05) is 0 Å². The smallest absolute Gasteiger partial charge is 0.187 e. The van der Waals surface area contributed by atoms with Crippen molar-refractivity contribution in [2.24, 2.45) is 0 Å². The molecule has 0 aliphatic rings. The van der Waals surface area contributed by atoms with E-state index in [-0.39, 0.29) is 22.5 Å². The summed E-state index contributed by atoms with van der Waals surface area (Å²) in [6.07, 6.45) is 40.3. The van der Waals surface area contributed by atoms with Gasteiger partial charge in [0, 0.05) is 24.3 Å². The van der Waals surface area contributed by atoms with Gasteiger partial charge in [0.15, 0.2) is 11.9 Å². The van der Waals surface area contributed by atoms with E-state index in [0.717, 1.165) is 0 Å². The Kier molecular flexibility index (Phi) is 30.1. The lowest BCUT2D eigenvalue weighted by Gasteiger charge is -2.13. The third kappa shape index (κ3) is 26.3. The lowest BCUT2D eigenvalue weighted by molar-refractivity contribution is -0.467. The van der Waals surface area contributed by atoms with Gasteiger partial charge in [0.25, 0.3) is 0 Å². The Morgan fingerprint density at radius 1 is 0.523 bits per heavy atom. The maximum absolute atomic E-state index is 4.17. The number of aromatic nitrogens is 1. The molecule has 44 heavy (non-hydrogen) atoms. The molecule has 2 aromatic rings. The Hall–Kier alpha value is -0.930. The second-order valence-corrected chi connectivity index (χ2v) is 14.3. The van der Waals surface area contributed by atoms with Crippen LogP contribution in [0.2, 0.25) is 0 Å². The summed E-state index contributed by atoms with van der Waals surface area (Å²) >= 11 is 0. The summed E-state index contributed by atoms with van der Waals surface area (Å²) in [5.74, 6) is 0. The molecule has 2 rings (SSSR count). The second kappa shape index (κ2) is 30.7. The lowest BCUT2D eigenvalue weighted by Crippen LogP contribution is -3.00. The van der Waals surface area contributed by atoms with Crippen LogP contribution in [-0.2, 0) is 6.42 Å². The predicted octanol–water partition coefficient (Wildman–Crippen LogP) is 9.39. The van der Waals surface area contributed by atoms with Crippen LogP contribution in [0, 0.1) is 0 Å². The molecule has 0 fully saturated rings. The number of aromatic amines is 1. The van der Waals surface area contributed by atoms with Gasteiger partial charge < -0.3 is 22.7 Å². The summed E-state index contributed by atoms with van der Waals surface area (Å²) in [6, 6.07) is 10.9. The van der Waals surface area contributed by atoms with Gasteiger partial charge in [-0.1, -0.05) is 180 Å². The van der Waals surface area contributed by atoms with Crippen molar-refractivity contribution in [3.63, 3.8) is 0 Å². The summed E-state index contributed by atoms with van der Waals surface area (Å²) in [7, 11) is 0. The molecule has 0 radical (unpaired) electrons. The van der Waals surface area contributed by atoms with Gasteiger partial charge in [-0.15, -0.1) is 0 Å². The molecule has 2 nitrogen and oxygen atoms in total. The average Bonchev–Trinajstić information content (AvgIpc) is 3.00. The highest BCUT2D eigenvalue weighted by molar-refractivity contribution is 5.83. The maximum atomic E-state index is 4.17. The molecule has 256 valence electrons. The molecular weight excluding hydrogens is 600 g/mol. The minimum atomic E-state index is 0. The number of benzene rings is 1. The number of H-pyrrole nitrogens is 1. The van der Waals surface area contributed by atoms with Gasteiger partial charge in [0.05, 0.1) is 5.54 Å². The first-order valence-electron chi connectivity index (χ1n) is 19.2. The van der Waals surface area contributed by atoms with E-state index in [9.17, 15) is 0 Å². The molecular formula is C41H76BrN2+. The molecule has 0 atom stereocenters. The number of hydrogen-bond acceptors (Lipinski definition) is 0. The van der Waals surface area contributed by atoms with Crippen molar-refractivity contribution >= 4 is 10.8 Å². The van der Waals surface area contributed by atoms with E-state index in [2.05, 4.69) is 74.9 Å². The Labute approximate surface area is 286 Å². The highest BCUT2D eigenvalue weighted by Gasteiger charge is 2.13. The summed E-state index contributed by atoms with van der Waals surface area (Å²) < 4.78 is 0. The Bertz CT molecular complexity index is 854. The largest absolute Gasteiger partial charge is 1.00 e. The molecule has 0 spiro atoms. The van der Waals surface area contributed by atoms with Crippen molar-refractivity contribution in [1.82, 2.24) is 0 Å². The van der Waals surface area contributed by atoms with Crippen LogP contribution >= 0.6 is 0 Å². The third-order valence-electron chi connectivity index (χ3n) is 9.04. The second-order valence-electron chi connectivity index (χ2n) is 14.3. The van der Waals surface area contributed by atoms with Crippen LogP contribution in [0.1, 0.15) is 200 Å². The molecule has 1 heterocycles. The van der Waals surface area contributed by atoms with Crippen molar-refractivity contribution in [1.29, 1.82) is 0 Å². The quantitative estimate of drug-likeness (QED) is 0.0917. The predicted molar refractivity (Wildman–Crippen MR) is 193 cm³/mol. The Morgan fingerprint density at radius 2 is 0.909 bits per heavy atom. The SMILES string of the molecule is CCCCCCCCCCCCCCCCCC(C)(C)[NH3+].CCCCCCCCCCCCc1[nH+]ccc2ccccc12.[Br-]. The van der Waals surface area contributed by atoms with E-state index in [1.54, 1.807) is 0 Å². The molecule has 3 heteroatoms. The number of unbranched alkanes of at least 4 members (excludes halogenated alkanes) is 23. The van der Waals surface area contributed by atoms with Crippen LogP contribution in [0.15, 0.2) is 36.5 Å². The number of rotatable bonds is 27. The zero-order chi connectivity index (χ0) is 31.3. The zero-order valence-corrected chi connectivity index (χ0v) is 31.7. The molecule has 1 aromatic heterocycles. The first-order chi connectivity index (χ1) is 21.0. The van der Waals surface area contributed by atoms with Gasteiger partial charge in [-0.3, -0.25) is 0 Å². The number of nitrogens with one attached hydrogen (secondary N) is 1. The number of quaternary nitrogens is 1. The lowest BCUT2D eigenvalue weighted by atomic mass is 9.97. The van der Waals surface area contributed by atoms with Crippen molar-refractivity contribution in [3.05, 3.63) is 42.2 Å². The maximum Gasteiger partial charge on any atom is 0.187 e. The van der Waals surface area contributed by atoms with Crippen molar-refractivity contribution in [2.75, 3.05) is 0 Å². The Morgan fingerprint density at radius 3 is 1.34 bits per heavy atom. The topological polar surface area (TPSA) is 41.8 Å². The number of hydrogen-bond donors (Lipinski definition) is 1. The number of fused-ring (bicyclic) bond motifs is 1. The molecule has 0 saturated heterocycles. The van der Waals surface area contributed by atoms with Crippen molar-refractivity contribution < 1.29 is 27.7 Å². The van der Waals surface area contributed by atoms with Gasteiger partial charge in [-0.2, -0.15) is 0 Å². The first kappa shape index (κ1) is 43.1. The molecule has 0 bridgehead atoms. The van der Waals surface area contributed by atoms with Gasteiger partial charge in [0.1, 0.15) is 0 Å². The molecule has 0 saturated carbocycles. The fourth-order valence-corrected chi connectivity index (χ4v) is 6.20. The van der Waals surface area contributed by atoms with E-state index in [0.29, 0.717) is 0 Å². The van der Waals surface area contributed by atoms with Crippen LogP contribution in [0.4, 0.5) is 0 Å². The number of aryl methyl sites for hydroxylation is 1. The van der Waals surface area contributed by atoms with Crippen molar-refractivity contribution in [3.8, 4) is 0 Å². The molecule has 0 unspecified atom stereocenters. The van der Waals surface area contributed by atoms with Crippen LogP contribution in [-0.4, -0.2) is 5.54 Å². The van der Waals surface area contributed by atoms with Gasteiger partial charge in [0.2, 0.25) is 0 Å². The zero-order valence-electron chi connectivity index (χ0n) is 30.1.